The van der Waals surface area contributed by atoms with Crippen molar-refractivity contribution in [1.29, 1.82) is 0 Å². The lowest BCUT2D eigenvalue weighted by atomic mass is 9.94. The zero-order valence-electron chi connectivity index (χ0n) is 9.37. The molecule has 1 aliphatic carbocycles. The topological polar surface area (TPSA) is 73.2 Å². The van der Waals surface area contributed by atoms with Crippen LogP contribution < -0.4 is 11.1 Å². The van der Waals surface area contributed by atoms with Crippen molar-refractivity contribution in [2.24, 2.45) is 5.92 Å². The minimum absolute atomic E-state index is 0.117. The Kier molecular flexibility index (Phi) is 3.43. The van der Waals surface area contributed by atoms with E-state index in [4.69, 9.17) is 5.73 Å². The molecule has 1 unspecified atom stereocenters. The molecular weight excluding hydrogens is 206 g/mol. The number of nitrogens with one attached hydrogen (secondary N) is 2. The molecule has 89 valence electrons. The lowest BCUT2D eigenvalue weighted by Gasteiger charge is -2.34. The molecule has 2 aliphatic rings. The molecule has 1 aliphatic heterocycles. The van der Waals surface area contributed by atoms with Gasteiger partial charge in [-0.05, 0) is 12.8 Å². The van der Waals surface area contributed by atoms with Gasteiger partial charge in [0.25, 0.3) is 0 Å². The number of ketones is 1. The molecule has 2 amide bonds. The van der Waals surface area contributed by atoms with Crippen molar-refractivity contribution >= 4 is 11.8 Å². The number of hydrogen-bond donors (Lipinski definition) is 1. The average Bonchev–Trinajstić information content (AvgIpc) is 2.81. The van der Waals surface area contributed by atoms with Crippen LogP contribution in [0, 0.1) is 5.92 Å². The van der Waals surface area contributed by atoms with Gasteiger partial charge in [0, 0.05) is 25.6 Å². The molecule has 0 aromatic heterocycles. The van der Waals surface area contributed by atoms with Crippen LogP contribution >= 0.6 is 0 Å². The normalized spacial score (nSPS) is 27.0. The number of carbonyl (C=O) groups excluding carboxylic acids is 2. The number of hydrogen-bond acceptors (Lipinski definition) is 3. The van der Waals surface area contributed by atoms with Crippen LogP contribution in [0.2, 0.25) is 0 Å². The van der Waals surface area contributed by atoms with E-state index < -0.39 is 12.1 Å². The van der Waals surface area contributed by atoms with Crippen LogP contribution in [-0.4, -0.2) is 42.4 Å². The third-order valence-electron chi connectivity index (χ3n) is 3.59. The summed E-state index contributed by atoms with van der Waals surface area (Å²) in [7, 11) is 0. The molecule has 1 radical (unpaired) electrons. The van der Waals surface area contributed by atoms with Gasteiger partial charge in [0.2, 0.25) is 0 Å². The van der Waals surface area contributed by atoms with E-state index in [0.717, 1.165) is 25.7 Å². The molecule has 2 fully saturated rings. The first kappa shape index (κ1) is 11.4. The SMILES string of the molecule is [NH]C(=O)N1CCNCC1C(=O)C1CCCC1. The third-order valence-corrected chi connectivity index (χ3v) is 3.59. The van der Waals surface area contributed by atoms with Gasteiger partial charge in [0.15, 0.2) is 5.78 Å². The van der Waals surface area contributed by atoms with Gasteiger partial charge < -0.3 is 10.2 Å². The van der Waals surface area contributed by atoms with E-state index in [-0.39, 0.29) is 11.7 Å². The van der Waals surface area contributed by atoms with E-state index in [0.29, 0.717) is 19.6 Å². The molecule has 1 atom stereocenters. The minimum atomic E-state index is -0.724. The Morgan fingerprint density at radius 3 is 2.56 bits per heavy atom. The summed E-state index contributed by atoms with van der Waals surface area (Å²) in [6.45, 7) is 1.67. The Morgan fingerprint density at radius 1 is 1.25 bits per heavy atom. The van der Waals surface area contributed by atoms with Crippen molar-refractivity contribution in [3.05, 3.63) is 0 Å². The first-order valence-corrected chi connectivity index (χ1v) is 5.97. The number of rotatable bonds is 2. The summed E-state index contributed by atoms with van der Waals surface area (Å²) < 4.78 is 0. The van der Waals surface area contributed by atoms with Crippen LogP contribution in [0.3, 0.4) is 0 Å². The molecule has 0 spiro atoms. The predicted octanol–water partition coefficient (Wildman–Crippen LogP) is 0.422. The molecule has 2 rings (SSSR count). The zero-order valence-corrected chi connectivity index (χ0v) is 9.37. The Labute approximate surface area is 95.3 Å². The average molecular weight is 224 g/mol. The van der Waals surface area contributed by atoms with E-state index in [2.05, 4.69) is 5.32 Å². The van der Waals surface area contributed by atoms with Crippen LogP contribution in [0.25, 0.3) is 0 Å². The third kappa shape index (κ3) is 2.19. The van der Waals surface area contributed by atoms with Crippen molar-refractivity contribution in [3.63, 3.8) is 0 Å². The van der Waals surface area contributed by atoms with Crippen molar-refractivity contribution < 1.29 is 9.59 Å². The Morgan fingerprint density at radius 2 is 1.94 bits per heavy atom. The van der Waals surface area contributed by atoms with Crippen molar-refractivity contribution in [3.8, 4) is 0 Å². The molecule has 5 nitrogen and oxygen atoms in total. The van der Waals surface area contributed by atoms with Gasteiger partial charge in [-0.15, -0.1) is 0 Å². The largest absolute Gasteiger partial charge is 0.336 e. The van der Waals surface area contributed by atoms with Gasteiger partial charge in [-0.25, -0.2) is 10.5 Å². The fourth-order valence-electron chi connectivity index (χ4n) is 2.68. The molecule has 0 aromatic carbocycles. The maximum Gasteiger partial charge on any atom is 0.336 e. The molecule has 1 saturated carbocycles. The van der Waals surface area contributed by atoms with Crippen molar-refractivity contribution in [2.75, 3.05) is 19.6 Å². The fraction of sp³-hybridized carbons (Fsp3) is 0.818. The second kappa shape index (κ2) is 4.82. The fourth-order valence-corrected chi connectivity index (χ4v) is 2.68. The van der Waals surface area contributed by atoms with Gasteiger partial charge in [-0.3, -0.25) is 4.79 Å². The van der Waals surface area contributed by atoms with Crippen LogP contribution in [0.5, 0.6) is 0 Å². The number of urea groups is 1. The minimum Gasteiger partial charge on any atom is -0.312 e. The highest BCUT2D eigenvalue weighted by Gasteiger charge is 2.36. The van der Waals surface area contributed by atoms with E-state index in [1.807, 2.05) is 0 Å². The van der Waals surface area contributed by atoms with Gasteiger partial charge in [-0.2, -0.15) is 0 Å². The zero-order chi connectivity index (χ0) is 11.5. The Balaban J connectivity index is 2.04. The van der Waals surface area contributed by atoms with E-state index >= 15 is 0 Å². The number of Topliss-reactive ketones (excluding diaryl/α,β-unsaturated/α-hetero) is 1. The maximum atomic E-state index is 12.2. The molecule has 16 heavy (non-hydrogen) atoms. The molecular formula is C11H18N3O2. The summed E-state index contributed by atoms with van der Waals surface area (Å²) in [5.74, 6) is 0.275. The summed E-state index contributed by atoms with van der Waals surface area (Å²) in [5.41, 5.74) is 7.17. The summed E-state index contributed by atoms with van der Waals surface area (Å²) in [4.78, 5) is 24.7. The smallest absolute Gasteiger partial charge is 0.312 e. The lowest BCUT2D eigenvalue weighted by Crippen LogP contribution is -2.58. The highest BCUT2D eigenvalue weighted by Crippen LogP contribution is 2.27. The standard InChI is InChI=1S/C11H18N3O2/c12-11(16)14-6-5-13-7-9(14)10(15)8-3-1-2-4-8/h8-9,12-13H,1-7H2. The van der Waals surface area contributed by atoms with Gasteiger partial charge >= 0.3 is 6.03 Å². The van der Waals surface area contributed by atoms with Crippen LogP contribution in [0.15, 0.2) is 0 Å². The first-order chi connectivity index (χ1) is 7.70. The van der Waals surface area contributed by atoms with E-state index in [1.165, 1.54) is 4.90 Å². The van der Waals surface area contributed by atoms with Crippen LogP contribution in [0.1, 0.15) is 25.7 Å². The van der Waals surface area contributed by atoms with Crippen LogP contribution in [0.4, 0.5) is 4.79 Å². The van der Waals surface area contributed by atoms with Crippen molar-refractivity contribution in [1.82, 2.24) is 16.0 Å². The highest BCUT2D eigenvalue weighted by molar-refractivity contribution is 5.90. The molecule has 2 N–H and O–H groups in total. The van der Waals surface area contributed by atoms with Crippen molar-refractivity contribution in [2.45, 2.75) is 31.7 Å². The Hall–Kier alpha value is -1.10. The molecule has 1 heterocycles. The van der Waals surface area contributed by atoms with Gasteiger partial charge in [0.1, 0.15) is 6.04 Å². The predicted molar refractivity (Wildman–Crippen MR) is 58.8 cm³/mol. The molecule has 0 aromatic rings. The first-order valence-electron chi connectivity index (χ1n) is 5.97. The summed E-state index contributed by atoms with van der Waals surface area (Å²) >= 11 is 0. The highest BCUT2D eigenvalue weighted by atomic mass is 16.2. The molecule has 0 bridgehead atoms. The van der Waals surface area contributed by atoms with E-state index in [9.17, 15) is 9.59 Å². The summed E-state index contributed by atoms with van der Waals surface area (Å²) in [6, 6.07) is -1.13. The maximum absolute atomic E-state index is 12.2. The Bertz CT molecular complexity index is 287. The van der Waals surface area contributed by atoms with Gasteiger partial charge in [-0.1, -0.05) is 12.8 Å². The second-order valence-corrected chi connectivity index (χ2v) is 4.60. The second-order valence-electron chi connectivity index (χ2n) is 4.60. The number of piperazine rings is 1. The molecule has 5 heteroatoms. The molecule has 1 saturated heterocycles. The monoisotopic (exact) mass is 224 g/mol. The quantitative estimate of drug-likeness (QED) is 0.739. The number of amides is 2. The van der Waals surface area contributed by atoms with E-state index in [1.54, 1.807) is 0 Å². The number of nitrogens with zero attached hydrogens (tertiary/aromatic N) is 1. The van der Waals surface area contributed by atoms with Gasteiger partial charge in [0.05, 0.1) is 0 Å². The van der Waals surface area contributed by atoms with Crippen LogP contribution in [-0.2, 0) is 4.79 Å². The summed E-state index contributed by atoms with van der Waals surface area (Å²) in [6.07, 6.45) is 4.14. The summed E-state index contributed by atoms with van der Waals surface area (Å²) in [5, 5.41) is 3.13. The lowest BCUT2D eigenvalue weighted by molar-refractivity contribution is -0.127. The number of carbonyl (C=O) groups is 2.